The minimum Gasteiger partial charge on any atom is -0.501 e. The van der Waals surface area contributed by atoms with Gasteiger partial charge in [0.2, 0.25) is 0 Å². The molecule has 0 N–H and O–H groups in total. The van der Waals surface area contributed by atoms with Crippen molar-refractivity contribution < 1.29 is 3.79 Å². The summed E-state index contributed by atoms with van der Waals surface area (Å²) in [6.45, 7) is 12.5. The Bertz CT molecular complexity index is 124. The third-order valence-electron chi connectivity index (χ3n) is 2.57. The van der Waals surface area contributed by atoms with E-state index in [1.54, 1.807) is 0 Å². The smallest absolute Gasteiger partial charge is 0.461 e. The van der Waals surface area contributed by atoms with Crippen molar-refractivity contribution in [3.63, 3.8) is 0 Å². The molecular weight excluding hydrogens is 199 g/mol. The van der Waals surface area contributed by atoms with Gasteiger partial charge in [0.25, 0.3) is 0 Å². The summed E-state index contributed by atoms with van der Waals surface area (Å²) in [6, 6.07) is 0. The van der Waals surface area contributed by atoms with Crippen molar-refractivity contribution in [2.45, 2.75) is 64.4 Å². The minimum atomic E-state index is -0.892. The molecule has 0 spiro atoms. The van der Waals surface area contributed by atoms with Gasteiger partial charge in [-0.25, -0.2) is 0 Å². The van der Waals surface area contributed by atoms with E-state index in [1.165, 1.54) is 29.8 Å². The molecule has 0 aromatic rings. The van der Waals surface area contributed by atoms with Crippen LogP contribution < -0.4 is 0 Å². The lowest BCUT2D eigenvalue weighted by Gasteiger charge is -2.16. The molecule has 0 saturated heterocycles. The lowest BCUT2D eigenvalue weighted by Crippen LogP contribution is -2.22. The van der Waals surface area contributed by atoms with Crippen LogP contribution in [0.2, 0.25) is 10.6 Å². The maximum Gasteiger partial charge on any atom is 0.461 e. The predicted octanol–water partition coefficient (Wildman–Crippen LogP) is 4.50. The number of rotatable bonds is 9. The Morgan fingerprint density at radius 3 is 1.87 bits per heavy atom. The molecule has 15 heavy (non-hydrogen) atoms. The molecule has 0 aromatic heterocycles. The summed E-state index contributed by atoms with van der Waals surface area (Å²) in [7, 11) is 0. The van der Waals surface area contributed by atoms with Crippen LogP contribution in [0.4, 0.5) is 0 Å². The Balaban J connectivity index is 3.69. The van der Waals surface area contributed by atoms with Gasteiger partial charge < -0.3 is 3.79 Å². The molecular formula is C13H29AlO. The molecule has 0 amide bonds. The molecule has 1 nitrogen and oxygen atoms in total. The van der Waals surface area contributed by atoms with Crippen molar-refractivity contribution in [2.24, 2.45) is 11.8 Å². The maximum absolute atomic E-state index is 6.10. The monoisotopic (exact) mass is 228 g/mol. The molecule has 0 saturated carbocycles. The van der Waals surface area contributed by atoms with Crippen LogP contribution in [0.3, 0.4) is 0 Å². The lowest BCUT2D eigenvalue weighted by molar-refractivity contribution is 0.299. The summed E-state index contributed by atoms with van der Waals surface area (Å²) in [4.78, 5) is 0. The second kappa shape index (κ2) is 9.70. The Morgan fingerprint density at radius 2 is 1.47 bits per heavy atom. The highest BCUT2D eigenvalue weighted by molar-refractivity contribution is 6.51. The van der Waals surface area contributed by atoms with Crippen LogP contribution in [0.1, 0.15) is 53.9 Å². The fourth-order valence-corrected chi connectivity index (χ4v) is 4.95. The normalized spacial score (nSPS) is 11.4. The van der Waals surface area contributed by atoms with Gasteiger partial charge in [0.15, 0.2) is 0 Å². The van der Waals surface area contributed by atoms with E-state index in [1.807, 2.05) is 0 Å². The lowest BCUT2D eigenvalue weighted by atomic mass is 10.3. The average molecular weight is 228 g/mol. The Morgan fingerprint density at radius 1 is 0.933 bits per heavy atom. The summed E-state index contributed by atoms with van der Waals surface area (Å²) in [6.07, 6.45) is 3.88. The fraction of sp³-hybridized carbons (Fsp3) is 1.00. The van der Waals surface area contributed by atoms with E-state index < -0.39 is 14.5 Å². The van der Waals surface area contributed by atoms with Crippen molar-refractivity contribution in [1.29, 1.82) is 0 Å². The van der Waals surface area contributed by atoms with Crippen LogP contribution in [0.25, 0.3) is 0 Å². The summed E-state index contributed by atoms with van der Waals surface area (Å²) >= 11 is -0.892. The van der Waals surface area contributed by atoms with Crippen LogP contribution in [0.5, 0.6) is 0 Å². The van der Waals surface area contributed by atoms with Gasteiger partial charge in [-0.05, 0) is 6.42 Å². The zero-order valence-electron chi connectivity index (χ0n) is 11.4. The SMILES string of the molecule is CCCCC[O][Al]([CH2]C(C)C)[CH2]C(C)C. The highest BCUT2D eigenvalue weighted by atomic mass is 27.2. The van der Waals surface area contributed by atoms with Gasteiger partial charge in [0, 0.05) is 6.61 Å². The summed E-state index contributed by atoms with van der Waals surface area (Å²) in [5, 5.41) is 2.70. The number of unbranched alkanes of at least 4 members (excludes halogenated alkanes) is 2. The van der Waals surface area contributed by atoms with Crippen LogP contribution in [0, 0.1) is 11.8 Å². The molecule has 0 fully saturated rings. The fourth-order valence-electron chi connectivity index (χ4n) is 1.89. The first-order valence-electron chi connectivity index (χ1n) is 6.67. The Kier molecular flexibility index (Phi) is 10.0. The third-order valence-corrected chi connectivity index (χ3v) is 6.21. The zero-order valence-corrected chi connectivity index (χ0v) is 12.5. The molecule has 0 rings (SSSR count). The highest BCUT2D eigenvalue weighted by Crippen LogP contribution is 2.15. The largest absolute Gasteiger partial charge is 0.501 e. The van der Waals surface area contributed by atoms with Crippen molar-refractivity contribution in [2.75, 3.05) is 6.61 Å². The molecule has 0 unspecified atom stereocenters. The van der Waals surface area contributed by atoms with Crippen molar-refractivity contribution in [3.05, 3.63) is 0 Å². The van der Waals surface area contributed by atoms with Crippen LogP contribution >= 0.6 is 0 Å². The molecule has 90 valence electrons. The Hall–Kier alpha value is 0.492. The quantitative estimate of drug-likeness (QED) is 0.417. The highest BCUT2D eigenvalue weighted by Gasteiger charge is 2.22. The topological polar surface area (TPSA) is 9.23 Å². The van der Waals surface area contributed by atoms with Crippen molar-refractivity contribution >= 4 is 14.5 Å². The molecule has 0 aromatic carbocycles. The van der Waals surface area contributed by atoms with E-state index in [4.69, 9.17) is 3.79 Å². The first kappa shape index (κ1) is 15.5. The predicted molar refractivity (Wildman–Crippen MR) is 70.5 cm³/mol. The van der Waals surface area contributed by atoms with E-state index in [0.717, 1.165) is 18.4 Å². The first-order chi connectivity index (χ1) is 7.06. The molecule has 0 aliphatic rings. The van der Waals surface area contributed by atoms with Gasteiger partial charge in [-0.3, -0.25) is 0 Å². The minimum absolute atomic E-state index is 0.812. The maximum atomic E-state index is 6.10. The molecule has 0 atom stereocenters. The molecule has 0 aliphatic heterocycles. The van der Waals surface area contributed by atoms with Crippen LogP contribution in [-0.2, 0) is 3.79 Å². The van der Waals surface area contributed by atoms with Crippen LogP contribution in [0.15, 0.2) is 0 Å². The van der Waals surface area contributed by atoms with E-state index in [2.05, 4.69) is 34.6 Å². The second-order valence-electron chi connectivity index (χ2n) is 5.46. The van der Waals surface area contributed by atoms with Gasteiger partial charge in [-0.1, -0.05) is 69.9 Å². The molecule has 0 radical (unpaired) electrons. The standard InChI is InChI=1S/C5H11O.2C4H9.Al/c1-2-3-4-5-6;2*1-4(2)3;/h2-5H2,1H3;2*4H,1H2,2-3H3;/q-1;;;+1. The van der Waals surface area contributed by atoms with Gasteiger partial charge in [-0.2, -0.15) is 0 Å². The Labute approximate surface area is 101 Å². The van der Waals surface area contributed by atoms with Gasteiger partial charge >= 0.3 is 14.5 Å². The second-order valence-corrected chi connectivity index (χ2v) is 7.98. The van der Waals surface area contributed by atoms with Crippen LogP contribution in [-0.4, -0.2) is 21.1 Å². The summed E-state index contributed by atoms with van der Waals surface area (Å²) in [5.41, 5.74) is 0. The molecule has 0 aliphatic carbocycles. The van der Waals surface area contributed by atoms with E-state index in [0.29, 0.717) is 0 Å². The number of hydrogen-bond donors (Lipinski definition) is 0. The first-order valence-corrected chi connectivity index (χ1v) is 8.78. The van der Waals surface area contributed by atoms with E-state index >= 15 is 0 Å². The van der Waals surface area contributed by atoms with Crippen molar-refractivity contribution in [1.82, 2.24) is 0 Å². The van der Waals surface area contributed by atoms with E-state index in [9.17, 15) is 0 Å². The van der Waals surface area contributed by atoms with E-state index in [-0.39, 0.29) is 0 Å². The average Bonchev–Trinajstić information content (AvgIpc) is 2.10. The molecule has 2 heteroatoms. The molecule has 0 bridgehead atoms. The zero-order chi connectivity index (χ0) is 11.7. The van der Waals surface area contributed by atoms with Gasteiger partial charge in [0.05, 0.1) is 0 Å². The van der Waals surface area contributed by atoms with Gasteiger partial charge in [0.1, 0.15) is 0 Å². The van der Waals surface area contributed by atoms with Crippen molar-refractivity contribution in [3.8, 4) is 0 Å². The third kappa shape index (κ3) is 10.8. The number of hydrogen-bond acceptors (Lipinski definition) is 1. The molecule has 0 heterocycles. The summed E-state index contributed by atoms with van der Waals surface area (Å²) < 4.78 is 6.10. The summed E-state index contributed by atoms with van der Waals surface area (Å²) in [5.74, 6) is 1.62. The van der Waals surface area contributed by atoms with Gasteiger partial charge in [-0.15, -0.1) is 0 Å².